The van der Waals surface area contributed by atoms with Gasteiger partial charge in [-0.15, -0.1) is 0 Å². The first-order valence-corrected chi connectivity index (χ1v) is 18.6. The van der Waals surface area contributed by atoms with Crippen molar-refractivity contribution in [2.24, 2.45) is 0 Å². The number of aliphatic hydroxyl groups excluding tert-OH is 1. The van der Waals surface area contributed by atoms with Gasteiger partial charge in [-0.05, 0) is 12.8 Å². The van der Waals surface area contributed by atoms with E-state index in [4.69, 9.17) is 9.47 Å². The maximum absolute atomic E-state index is 12.1. The fraction of sp³-hybridized carbons (Fsp3) is 0.946. The number of carbonyl (C=O) groups is 2. The van der Waals surface area contributed by atoms with Crippen molar-refractivity contribution in [3.63, 3.8) is 0 Å². The molecule has 0 fully saturated rings. The monoisotopic (exact) mass is 597 g/mol. The van der Waals surface area contributed by atoms with Crippen LogP contribution in [0.1, 0.15) is 206 Å². The Kier molecular flexibility index (Phi) is 33.5. The second-order valence-corrected chi connectivity index (χ2v) is 12.7. The van der Waals surface area contributed by atoms with Gasteiger partial charge in [0.2, 0.25) is 0 Å². The van der Waals surface area contributed by atoms with Crippen molar-refractivity contribution in [2.45, 2.75) is 213 Å². The predicted molar refractivity (Wildman–Crippen MR) is 178 cm³/mol. The Balaban J connectivity index is 3.47. The van der Waals surface area contributed by atoms with E-state index in [9.17, 15) is 14.7 Å². The molecule has 0 aromatic heterocycles. The smallest absolute Gasteiger partial charge is 0.306 e. The molecule has 1 atom stereocenters. The standard InChI is InChI=1S/C37H72O5/c1-3-5-7-9-11-13-14-15-16-17-18-19-20-21-22-24-26-28-30-32-37(40)42-35(33-38)34-41-36(39)31-29-27-25-23-12-10-8-6-4-2/h35,38H,3-34H2,1-2H3/t35-/m0/s1. The molecule has 0 unspecified atom stereocenters. The van der Waals surface area contributed by atoms with E-state index in [-0.39, 0.29) is 25.2 Å². The Hall–Kier alpha value is -1.10. The Labute approximate surface area is 261 Å². The highest BCUT2D eigenvalue weighted by Crippen LogP contribution is 2.15. The van der Waals surface area contributed by atoms with E-state index in [1.807, 2.05) is 0 Å². The van der Waals surface area contributed by atoms with Gasteiger partial charge in [-0.3, -0.25) is 9.59 Å². The molecule has 1 N–H and O–H groups in total. The van der Waals surface area contributed by atoms with Gasteiger partial charge in [0.25, 0.3) is 0 Å². The van der Waals surface area contributed by atoms with Gasteiger partial charge in [-0.2, -0.15) is 0 Å². The Bertz CT molecular complexity index is 564. The SMILES string of the molecule is CCCCCCCCCCCCCCCCCCCCCC(=O)O[C@@H](CO)COC(=O)CCCCCCCCCCC. The van der Waals surface area contributed by atoms with Gasteiger partial charge in [0.1, 0.15) is 6.61 Å². The summed E-state index contributed by atoms with van der Waals surface area (Å²) in [7, 11) is 0. The molecule has 0 radical (unpaired) electrons. The largest absolute Gasteiger partial charge is 0.462 e. The van der Waals surface area contributed by atoms with E-state index in [2.05, 4.69) is 13.8 Å². The molecular weight excluding hydrogens is 524 g/mol. The van der Waals surface area contributed by atoms with Crippen LogP contribution in [0.2, 0.25) is 0 Å². The third kappa shape index (κ3) is 31.8. The lowest BCUT2D eigenvalue weighted by Gasteiger charge is -2.15. The minimum atomic E-state index is -0.759. The fourth-order valence-corrected chi connectivity index (χ4v) is 5.55. The van der Waals surface area contributed by atoms with Crippen molar-refractivity contribution in [3.8, 4) is 0 Å². The third-order valence-corrected chi connectivity index (χ3v) is 8.40. The van der Waals surface area contributed by atoms with Crippen LogP contribution in [0.3, 0.4) is 0 Å². The van der Waals surface area contributed by atoms with Crippen LogP contribution < -0.4 is 0 Å². The maximum atomic E-state index is 12.1. The average molecular weight is 597 g/mol. The van der Waals surface area contributed by atoms with Gasteiger partial charge >= 0.3 is 11.9 Å². The van der Waals surface area contributed by atoms with E-state index < -0.39 is 6.10 Å². The zero-order valence-electron chi connectivity index (χ0n) is 28.3. The Morgan fingerprint density at radius 3 is 1.05 bits per heavy atom. The van der Waals surface area contributed by atoms with Crippen molar-refractivity contribution in [1.29, 1.82) is 0 Å². The predicted octanol–water partition coefficient (Wildman–Crippen LogP) is 11.2. The average Bonchev–Trinajstić information content (AvgIpc) is 2.99. The second kappa shape index (κ2) is 34.4. The maximum Gasteiger partial charge on any atom is 0.306 e. The number of hydrogen-bond acceptors (Lipinski definition) is 5. The van der Waals surface area contributed by atoms with Crippen LogP contribution in [0.5, 0.6) is 0 Å². The van der Waals surface area contributed by atoms with E-state index in [0.29, 0.717) is 12.8 Å². The molecule has 42 heavy (non-hydrogen) atoms. The van der Waals surface area contributed by atoms with Crippen molar-refractivity contribution < 1.29 is 24.2 Å². The molecule has 0 aliphatic carbocycles. The number of unbranched alkanes of at least 4 members (excludes halogenated alkanes) is 26. The molecule has 0 saturated carbocycles. The van der Waals surface area contributed by atoms with Gasteiger partial charge < -0.3 is 14.6 Å². The van der Waals surface area contributed by atoms with E-state index in [1.54, 1.807) is 0 Å². The van der Waals surface area contributed by atoms with Gasteiger partial charge in [-0.1, -0.05) is 181 Å². The molecule has 0 saturated heterocycles. The summed E-state index contributed by atoms with van der Waals surface area (Å²) >= 11 is 0. The zero-order valence-corrected chi connectivity index (χ0v) is 28.3. The number of aliphatic hydroxyl groups is 1. The summed E-state index contributed by atoms with van der Waals surface area (Å²) in [6, 6.07) is 0. The van der Waals surface area contributed by atoms with Crippen LogP contribution in [0.15, 0.2) is 0 Å². The first-order valence-electron chi connectivity index (χ1n) is 18.6. The highest BCUT2D eigenvalue weighted by atomic mass is 16.6. The van der Waals surface area contributed by atoms with Gasteiger partial charge in [0.15, 0.2) is 6.10 Å². The Morgan fingerprint density at radius 2 is 0.738 bits per heavy atom. The van der Waals surface area contributed by atoms with Crippen molar-refractivity contribution in [2.75, 3.05) is 13.2 Å². The van der Waals surface area contributed by atoms with Crippen molar-refractivity contribution in [3.05, 3.63) is 0 Å². The Morgan fingerprint density at radius 1 is 0.452 bits per heavy atom. The highest BCUT2D eigenvalue weighted by Gasteiger charge is 2.16. The molecule has 5 nitrogen and oxygen atoms in total. The van der Waals surface area contributed by atoms with E-state index >= 15 is 0 Å². The van der Waals surface area contributed by atoms with Crippen molar-refractivity contribution >= 4 is 11.9 Å². The lowest BCUT2D eigenvalue weighted by molar-refractivity contribution is -0.161. The summed E-state index contributed by atoms with van der Waals surface area (Å²) in [4.78, 5) is 24.1. The number of rotatable bonds is 34. The molecule has 0 heterocycles. The van der Waals surface area contributed by atoms with Crippen LogP contribution in [0, 0.1) is 0 Å². The van der Waals surface area contributed by atoms with Gasteiger partial charge in [-0.25, -0.2) is 0 Å². The zero-order chi connectivity index (χ0) is 30.8. The van der Waals surface area contributed by atoms with Gasteiger partial charge in [0.05, 0.1) is 6.61 Å². The number of hydrogen-bond donors (Lipinski definition) is 1. The highest BCUT2D eigenvalue weighted by molar-refractivity contribution is 5.70. The lowest BCUT2D eigenvalue weighted by Crippen LogP contribution is -2.28. The summed E-state index contributed by atoms with van der Waals surface area (Å²) in [5.41, 5.74) is 0. The number of esters is 2. The molecule has 5 heteroatoms. The molecule has 0 spiro atoms. The molecule has 0 aliphatic rings. The minimum absolute atomic E-state index is 0.0578. The normalized spacial score (nSPS) is 12.0. The van der Waals surface area contributed by atoms with Crippen LogP contribution in [-0.4, -0.2) is 36.4 Å². The summed E-state index contributed by atoms with van der Waals surface area (Å²) in [5, 5.41) is 9.50. The topological polar surface area (TPSA) is 72.8 Å². The quantitative estimate of drug-likeness (QED) is 0.0591. The van der Waals surface area contributed by atoms with Crippen LogP contribution in [0.4, 0.5) is 0 Å². The summed E-state index contributed by atoms with van der Waals surface area (Å²) in [6.07, 6.45) is 36.0. The number of carbonyl (C=O) groups excluding carboxylic acids is 2. The molecule has 0 amide bonds. The molecule has 0 bridgehead atoms. The van der Waals surface area contributed by atoms with E-state index in [0.717, 1.165) is 38.5 Å². The summed E-state index contributed by atoms with van der Waals surface area (Å²) in [5.74, 6) is -0.581. The van der Waals surface area contributed by atoms with Crippen LogP contribution in [-0.2, 0) is 19.1 Å². The van der Waals surface area contributed by atoms with Gasteiger partial charge in [0, 0.05) is 12.8 Å². The number of ether oxygens (including phenoxy) is 2. The molecule has 0 aromatic rings. The first-order chi connectivity index (χ1) is 20.6. The first kappa shape index (κ1) is 40.9. The second-order valence-electron chi connectivity index (χ2n) is 12.7. The van der Waals surface area contributed by atoms with Crippen molar-refractivity contribution in [1.82, 2.24) is 0 Å². The molecule has 0 rings (SSSR count). The summed E-state index contributed by atoms with van der Waals surface area (Å²) in [6.45, 7) is 4.13. The fourth-order valence-electron chi connectivity index (χ4n) is 5.55. The van der Waals surface area contributed by atoms with E-state index in [1.165, 1.54) is 141 Å². The van der Waals surface area contributed by atoms with Crippen LogP contribution in [0.25, 0.3) is 0 Å². The minimum Gasteiger partial charge on any atom is -0.462 e. The molecule has 250 valence electrons. The lowest BCUT2D eigenvalue weighted by atomic mass is 10.0. The molecule has 0 aliphatic heterocycles. The molecule has 0 aromatic carbocycles. The summed E-state index contributed by atoms with van der Waals surface area (Å²) < 4.78 is 10.6. The molecular formula is C37H72O5. The third-order valence-electron chi connectivity index (χ3n) is 8.40. The van der Waals surface area contributed by atoms with Crippen LogP contribution >= 0.6 is 0 Å².